The number of nitrogens with one attached hydrogen (secondary N) is 1. The highest BCUT2D eigenvalue weighted by atomic mass is 16.5. The molecule has 1 amide bonds. The van der Waals surface area contributed by atoms with Crippen LogP contribution in [-0.4, -0.2) is 47.7 Å². The van der Waals surface area contributed by atoms with Crippen LogP contribution >= 0.6 is 0 Å². The molecule has 0 spiro atoms. The van der Waals surface area contributed by atoms with Crippen molar-refractivity contribution in [2.75, 3.05) is 26.7 Å². The Morgan fingerprint density at radius 1 is 1.37 bits per heavy atom. The molecule has 2 aromatic rings. The maximum Gasteiger partial charge on any atom is 0.244 e. The van der Waals surface area contributed by atoms with Gasteiger partial charge in [-0.05, 0) is 43.5 Å². The fourth-order valence-corrected chi connectivity index (χ4v) is 3.29. The maximum absolute atomic E-state index is 12.3. The van der Waals surface area contributed by atoms with E-state index in [4.69, 9.17) is 9.26 Å². The molecular formula is C20H28N4O3. The summed E-state index contributed by atoms with van der Waals surface area (Å²) in [6.07, 6.45) is 2.77. The zero-order valence-electron chi connectivity index (χ0n) is 16.3. The Morgan fingerprint density at radius 2 is 2.15 bits per heavy atom. The van der Waals surface area contributed by atoms with E-state index in [1.807, 2.05) is 38.1 Å². The van der Waals surface area contributed by atoms with Gasteiger partial charge in [-0.25, -0.2) is 0 Å². The molecule has 1 N–H and O–H groups in total. The minimum absolute atomic E-state index is 0.0269. The molecule has 1 atom stereocenters. The number of benzene rings is 1. The zero-order valence-corrected chi connectivity index (χ0v) is 16.3. The van der Waals surface area contributed by atoms with Crippen molar-refractivity contribution in [3.63, 3.8) is 0 Å². The highest BCUT2D eigenvalue weighted by molar-refractivity contribution is 5.78. The van der Waals surface area contributed by atoms with Crippen LogP contribution in [0, 0.1) is 0 Å². The van der Waals surface area contributed by atoms with Crippen molar-refractivity contribution in [1.82, 2.24) is 20.4 Å². The van der Waals surface area contributed by atoms with Crippen molar-refractivity contribution in [3.8, 4) is 5.75 Å². The quantitative estimate of drug-likeness (QED) is 0.767. The van der Waals surface area contributed by atoms with E-state index >= 15 is 0 Å². The predicted molar refractivity (Wildman–Crippen MR) is 102 cm³/mol. The highest BCUT2D eigenvalue weighted by Crippen LogP contribution is 2.31. The lowest BCUT2D eigenvalue weighted by Crippen LogP contribution is -2.37. The van der Waals surface area contributed by atoms with E-state index in [9.17, 15) is 4.79 Å². The van der Waals surface area contributed by atoms with Crippen LogP contribution in [0.2, 0.25) is 0 Å². The van der Waals surface area contributed by atoms with E-state index in [0.29, 0.717) is 19.0 Å². The van der Waals surface area contributed by atoms with Crippen LogP contribution in [0.1, 0.15) is 55.9 Å². The third-order valence-electron chi connectivity index (χ3n) is 4.86. The number of nitrogens with zero attached hydrogens (tertiary/aromatic N) is 3. The van der Waals surface area contributed by atoms with Gasteiger partial charge in [-0.2, -0.15) is 4.98 Å². The summed E-state index contributed by atoms with van der Waals surface area (Å²) in [5.74, 6) is 2.45. The van der Waals surface area contributed by atoms with Gasteiger partial charge in [0.15, 0.2) is 5.82 Å². The molecule has 0 aliphatic carbocycles. The van der Waals surface area contributed by atoms with Crippen molar-refractivity contribution in [2.24, 2.45) is 0 Å². The molecule has 7 heteroatoms. The van der Waals surface area contributed by atoms with Crippen molar-refractivity contribution < 1.29 is 14.1 Å². The molecule has 1 fully saturated rings. The van der Waals surface area contributed by atoms with Gasteiger partial charge >= 0.3 is 0 Å². The molecule has 1 saturated heterocycles. The maximum atomic E-state index is 12.3. The fraction of sp³-hybridized carbons (Fsp3) is 0.550. The Morgan fingerprint density at radius 3 is 2.81 bits per heavy atom. The van der Waals surface area contributed by atoms with E-state index in [1.165, 1.54) is 5.56 Å². The Labute approximate surface area is 160 Å². The lowest BCUT2D eigenvalue weighted by atomic mass is 10.1. The first kappa shape index (κ1) is 19.4. The van der Waals surface area contributed by atoms with E-state index in [2.05, 4.69) is 20.4 Å². The van der Waals surface area contributed by atoms with Gasteiger partial charge < -0.3 is 14.6 Å². The smallest absolute Gasteiger partial charge is 0.244 e. The summed E-state index contributed by atoms with van der Waals surface area (Å²) >= 11 is 0. The molecular weight excluding hydrogens is 344 g/mol. The lowest BCUT2D eigenvalue weighted by Gasteiger charge is -2.20. The average Bonchev–Trinajstić information content (AvgIpc) is 3.31. The highest BCUT2D eigenvalue weighted by Gasteiger charge is 2.32. The van der Waals surface area contributed by atoms with Crippen molar-refractivity contribution in [3.05, 3.63) is 41.5 Å². The van der Waals surface area contributed by atoms with E-state index in [1.54, 1.807) is 7.11 Å². The summed E-state index contributed by atoms with van der Waals surface area (Å²) in [6.45, 7) is 5.92. The third-order valence-corrected chi connectivity index (χ3v) is 4.86. The Hall–Kier alpha value is -2.41. The molecule has 1 aromatic carbocycles. The second-order valence-electron chi connectivity index (χ2n) is 7.22. The van der Waals surface area contributed by atoms with Gasteiger partial charge in [0.2, 0.25) is 11.8 Å². The molecule has 27 heavy (non-hydrogen) atoms. The second-order valence-corrected chi connectivity index (χ2v) is 7.22. The molecule has 2 heterocycles. The molecule has 1 aliphatic rings. The first-order valence-electron chi connectivity index (χ1n) is 9.54. The summed E-state index contributed by atoms with van der Waals surface area (Å²) < 4.78 is 10.6. The number of hydrogen-bond acceptors (Lipinski definition) is 6. The number of hydrogen-bond donors (Lipinski definition) is 1. The minimum Gasteiger partial charge on any atom is -0.497 e. The first-order valence-corrected chi connectivity index (χ1v) is 9.54. The van der Waals surface area contributed by atoms with Gasteiger partial charge in [0.1, 0.15) is 5.75 Å². The molecule has 3 rings (SSSR count). The van der Waals surface area contributed by atoms with Crippen LogP contribution in [-0.2, 0) is 11.2 Å². The van der Waals surface area contributed by atoms with Gasteiger partial charge in [-0.1, -0.05) is 31.1 Å². The average molecular weight is 372 g/mol. The summed E-state index contributed by atoms with van der Waals surface area (Å²) in [5, 5.41) is 7.05. The minimum atomic E-state index is 0.0269. The summed E-state index contributed by atoms with van der Waals surface area (Å²) in [7, 11) is 1.65. The Kier molecular flexibility index (Phi) is 6.45. The number of rotatable bonds is 8. The molecule has 0 unspecified atom stereocenters. The number of methoxy groups -OCH3 is 1. The van der Waals surface area contributed by atoms with Crippen LogP contribution in [0.5, 0.6) is 5.75 Å². The lowest BCUT2D eigenvalue weighted by molar-refractivity contribution is -0.122. The molecule has 1 aromatic heterocycles. The SMILES string of the molecule is COc1ccc(CCNC(=O)CN2CCC[C@H]2c2nc(C(C)C)no2)cc1. The molecule has 1 aliphatic heterocycles. The third kappa shape index (κ3) is 5.07. The summed E-state index contributed by atoms with van der Waals surface area (Å²) in [4.78, 5) is 19.0. The molecule has 146 valence electrons. The van der Waals surface area contributed by atoms with Crippen LogP contribution in [0.3, 0.4) is 0 Å². The van der Waals surface area contributed by atoms with Crippen LogP contribution in [0.25, 0.3) is 0 Å². The number of aromatic nitrogens is 2. The Balaban J connectivity index is 1.47. The normalized spacial score (nSPS) is 17.4. The van der Waals surface area contributed by atoms with Gasteiger partial charge in [-0.15, -0.1) is 0 Å². The topological polar surface area (TPSA) is 80.5 Å². The van der Waals surface area contributed by atoms with E-state index in [0.717, 1.165) is 37.4 Å². The largest absolute Gasteiger partial charge is 0.497 e. The molecule has 0 saturated carbocycles. The monoisotopic (exact) mass is 372 g/mol. The van der Waals surface area contributed by atoms with Gasteiger partial charge in [0.05, 0.1) is 19.7 Å². The first-order chi connectivity index (χ1) is 13.1. The Bertz CT molecular complexity index is 742. The number of ether oxygens (including phenoxy) is 1. The number of likely N-dealkylation sites (tertiary alicyclic amines) is 1. The van der Waals surface area contributed by atoms with Gasteiger partial charge in [-0.3, -0.25) is 9.69 Å². The molecule has 7 nitrogen and oxygen atoms in total. The zero-order chi connectivity index (χ0) is 19.2. The molecule has 0 radical (unpaired) electrons. The van der Waals surface area contributed by atoms with E-state index < -0.39 is 0 Å². The summed E-state index contributed by atoms with van der Waals surface area (Å²) in [5.41, 5.74) is 1.17. The molecule has 0 bridgehead atoms. The number of carbonyl (C=O) groups excluding carboxylic acids is 1. The standard InChI is InChI=1S/C20H28N4O3/c1-14(2)19-22-20(27-23-19)17-5-4-12-24(17)13-18(25)21-11-10-15-6-8-16(26-3)9-7-15/h6-9,14,17H,4-5,10-13H2,1-3H3,(H,21,25)/t17-/m0/s1. The van der Waals surface area contributed by atoms with Gasteiger partial charge in [0.25, 0.3) is 0 Å². The van der Waals surface area contributed by atoms with E-state index in [-0.39, 0.29) is 17.9 Å². The predicted octanol–water partition coefficient (Wildman–Crippen LogP) is 2.70. The second kappa shape index (κ2) is 8.99. The number of amides is 1. The van der Waals surface area contributed by atoms with Crippen molar-refractivity contribution in [1.29, 1.82) is 0 Å². The summed E-state index contributed by atoms with van der Waals surface area (Å²) in [6, 6.07) is 7.94. The van der Waals surface area contributed by atoms with Crippen LogP contribution in [0.15, 0.2) is 28.8 Å². The van der Waals surface area contributed by atoms with Gasteiger partial charge in [0, 0.05) is 12.5 Å². The fourth-order valence-electron chi connectivity index (χ4n) is 3.29. The van der Waals surface area contributed by atoms with Crippen molar-refractivity contribution >= 4 is 5.91 Å². The van der Waals surface area contributed by atoms with Crippen LogP contribution in [0.4, 0.5) is 0 Å². The van der Waals surface area contributed by atoms with Crippen LogP contribution < -0.4 is 10.1 Å². The van der Waals surface area contributed by atoms with Crippen molar-refractivity contribution in [2.45, 2.75) is 45.1 Å². The number of carbonyl (C=O) groups is 1.